The van der Waals surface area contributed by atoms with E-state index in [0.717, 1.165) is 37.8 Å². The van der Waals surface area contributed by atoms with Gasteiger partial charge in [0.2, 0.25) is 5.91 Å². The van der Waals surface area contributed by atoms with Gasteiger partial charge in [0.15, 0.2) is 0 Å². The molecular weight excluding hydrogens is 407 g/mol. The summed E-state index contributed by atoms with van der Waals surface area (Å²) < 4.78 is 40.4. The second kappa shape index (κ2) is 13.2. The molecule has 31 heavy (non-hydrogen) atoms. The molecular formula is C22H34F3N5O. The second-order valence-electron chi connectivity index (χ2n) is 7.87. The lowest BCUT2D eigenvalue weighted by Crippen LogP contribution is -2.47. The van der Waals surface area contributed by atoms with Crippen LogP contribution in [-0.4, -0.2) is 50.8 Å². The standard InChI is InChI=1S/C17H22F3N5O.C5H12/c1-12(16(26)23-7-6-21)24-15(17(18,19)20)13-2-4-14(5-3-13)25-10-8-22-9-11-25;1-4-5(2)3/h2-5,12,15,22,24H,7-11H2,1H3,(H,23,26);5H,4H2,1-3H3/t12-,15?;/m0./s1. The summed E-state index contributed by atoms with van der Waals surface area (Å²) in [5, 5.41) is 16.2. The van der Waals surface area contributed by atoms with Crippen LogP contribution in [-0.2, 0) is 4.79 Å². The molecule has 2 atom stereocenters. The molecule has 3 N–H and O–H groups in total. The van der Waals surface area contributed by atoms with E-state index >= 15 is 0 Å². The number of hydrogen-bond donors (Lipinski definition) is 3. The van der Waals surface area contributed by atoms with Crippen LogP contribution in [0.4, 0.5) is 18.9 Å². The van der Waals surface area contributed by atoms with Gasteiger partial charge in [-0.15, -0.1) is 0 Å². The molecule has 0 bridgehead atoms. The molecule has 1 unspecified atom stereocenters. The van der Waals surface area contributed by atoms with Crippen molar-refractivity contribution in [1.82, 2.24) is 16.0 Å². The van der Waals surface area contributed by atoms with E-state index in [4.69, 9.17) is 5.26 Å². The van der Waals surface area contributed by atoms with E-state index in [1.165, 1.54) is 25.5 Å². The van der Waals surface area contributed by atoms with Crippen LogP contribution >= 0.6 is 0 Å². The van der Waals surface area contributed by atoms with E-state index in [9.17, 15) is 18.0 Å². The van der Waals surface area contributed by atoms with Crippen molar-refractivity contribution in [2.75, 3.05) is 37.6 Å². The van der Waals surface area contributed by atoms with Crippen molar-refractivity contribution in [3.63, 3.8) is 0 Å². The van der Waals surface area contributed by atoms with E-state index in [1.807, 2.05) is 0 Å². The fourth-order valence-corrected chi connectivity index (χ4v) is 2.79. The molecule has 0 spiro atoms. The summed E-state index contributed by atoms with van der Waals surface area (Å²) in [7, 11) is 0. The van der Waals surface area contributed by atoms with Gasteiger partial charge >= 0.3 is 6.18 Å². The van der Waals surface area contributed by atoms with Gasteiger partial charge in [0.1, 0.15) is 12.6 Å². The van der Waals surface area contributed by atoms with Gasteiger partial charge in [-0.1, -0.05) is 39.3 Å². The Hall–Kier alpha value is -2.31. The first-order chi connectivity index (χ1) is 14.6. The number of hydrogen-bond acceptors (Lipinski definition) is 5. The Labute approximate surface area is 183 Å². The first-order valence-electron chi connectivity index (χ1n) is 10.6. The Kier molecular flexibility index (Phi) is 11.4. The largest absolute Gasteiger partial charge is 0.407 e. The summed E-state index contributed by atoms with van der Waals surface area (Å²) in [5.74, 6) is 0.230. The SMILES string of the molecule is CCC(C)C.C[C@H](NC(c1ccc(N2CCNCC2)cc1)C(F)(F)F)C(=O)NCC#N. The van der Waals surface area contributed by atoms with E-state index in [0.29, 0.717) is 0 Å². The average Bonchev–Trinajstić information content (AvgIpc) is 2.76. The molecule has 1 aromatic rings. The van der Waals surface area contributed by atoms with Gasteiger partial charge in [-0.2, -0.15) is 18.4 Å². The first-order valence-corrected chi connectivity index (χ1v) is 10.6. The lowest BCUT2D eigenvalue weighted by molar-refractivity contribution is -0.160. The number of nitrogens with one attached hydrogen (secondary N) is 3. The molecule has 1 fully saturated rings. The number of carbonyl (C=O) groups is 1. The lowest BCUT2D eigenvalue weighted by atomic mass is 10.0. The summed E-state index contributed by atoms with van der Waals surface area (Å²) in [6, 6.07) is 4.85. The van der Waals surface area contributed by atoms with Crippen LogP contribution in [0.1, 0.15) is 45.7 Å². The molecule has 0 saturated carbocycles. The number of amides is 1. The van der Waals surface area contributed by atoms with E-state index in [-0.39, 0.29) is 12.1 Å². The highest BCUT2D eigenvalue weighted by atomic mass is 19.4. The zero-order chi connectivity index (χ0) is 23.4. The van der Waals surface area contributed by atoms with Gasteiger partial charge in [0, 0.05) is 31.9 Å². The van der Waals surface area contributed by atoms with Gasteiger partial charge in [-0.3, -0.25) is 10.1 Å². The van der Waals surface area contributed by atoms with Gasteiger partial charge in [0.05, 0.1) is 12.1 Å². The quantitative estimate of drug-likeness (QED) is 0.566. The zero-order valence-electron chi connectivity index (χ0n) is 18.7. The third-order valence-electron chi connectivity index (χ3n) is 5.00. The predicted molar refractivity (Wildman–Crippen MR) is 117 cm³/mol. The number of rotatable bonds is 7. The molecule has 1 aromatic carbocycles. The van der Waals surface area contributed by atoms with Gasteiger partial charge in [-0.25, -0.2) is 0 Å². The number of halogens is 3. The second-order valence-corrected chi connectivity index (χ2v) is 7.87. The molecule has 6 nitrogen and oxygen atoms in total. The number of anilines is 1. The van der Waals surface area contributed by atoms with Crippen molar-refractivity contribution in [3.05, 3.63) is 29.8 Å². The first kappa shape index (κ1) is 26.7. The number of nitrogens with zero attached hydrogens (tertiary/aromatic N) is 2. The highest BCUT2D eigenvalue weighted by Gasteiger charge is 2.42. The lowest BCUT2D eigenvalue weighted by Gasteiger charge is -2.30. The van der Waals surface area contributed by atoms with Crippen LogP contribution in [0.5, 0.6) is 0 Å². The molecule has 1 aliphatic heterocycles. The van der Waals surface area contributed by atoms with Crippen molar-refractivity contribution >= 4 is 11.6 Å². The Bertz CT molecular complexity index is 695. The molecule has 0 aromatic heterocycles. The van der Waals surface area contributed by atoms with Crippen LogP contribution < -0.4 is 20.9 Å². The summed E-state index contributed by atoms with van der Waals surface area (Å²) in [6.07, 6.45) is -3.25. The molecule has 9 heteroatoms. The maximum atomic E-state index is 13.5. The number of benzene rings is 1. The van der Waals surface area contributed by atoms with Gasteiger partial charge in [0.25, 0.3) is 0 Å². The molecule has 1 heterocycles. The Morgan fingerprint density at radius 1 is 1.19 bits per heavy atom. The smallest absolute Gasteiger partial charge is 0.369 e. The van der Waals surface area contributed by atoms with Crippen molar-refractivity contribution in [3.8, 4) is 6.07 Å². The highest BCUT2D eigenvalue weighted by molar-refractivity contribution is 5.81. The van der Waals surface area contributed by atoms with Gasteiger partial charge in [-0.05, 0) is 30.5 Å². The van der Waals surface area contributed by atoms with E-state index in [2.05, 4.69) is 41.6 Å². The van der Waals surface area contributed by atoms with Crippen molar-refractivity contribution in [2.45, 2.75) is 52.4 Å². The third-order valence-corrected chi connectivity index (χ3v) is 5.00. The molecule has 2 rings (SSSR count). The van der Waals surface area contributed by atoms with Crippen LogP contribution in [0.15, 0.2) is 24.3 Å². The maximum Gasteiger partial charge on any atom is 0.407 e. The fraction of sp³-hybridized carbons (Fsp3) is 0.636. The highest BCUT2D eigenvalue weighted by Crippen LogP contribution is 2.34. The van der Waals surface area contributed by atoms with Gasteiger partial charge < -0.3 is 15.5 Å². The van der Waals surface area contributed by atoms with Crippen molar-refractivity contribution < 1.29 is 18.0 Å². The molecule has 1 aliphatic rings. The molecule has 0 aliphatic carbocycles. The molecule has 1 amide bonds. The van der Waals surface area contributed by atoms with Crippen molar-refractivity contribution in [1.29, 1.82) is 5.26 Å². The zero-order valence-corrected chi connectivity index (χ0v) is 18.7. The minimum Gasteiger partial charge on any atom is -0.369 e. The fourth-order valence-electron chi connectivity index (χ4n) is 2.79. The number of piperazine rings is 1. The number of nitriles is 1. The summed E-state index contributed by atoms with van der Waals surface area (Å²) >= 11 is 0. The van der Waals surface area contributed by atoms with Crippen molar-refractivity contribution in [2.24, 2.45) is 5.92 Å². The summed E-state index contributed by atoms with van der Waals surface area (Å²) in [4.78, 5) is 13.9. The number of carbonyl (C=O) groups excluding carboxylic acids is 1. The predicted octanol–water partition coefficient (Wildman–Crippen LogP) is 3.37. The minimum absolute atomic E-state index is 0.0383. The monoisotopic (exact) mass is 441 g/mol. The number of alkyl halides is 3. The Balaban J connectivity index is 0.000000861. The maximum absolute atomic E-state index is 13.5. The molecule has 174 valence electrons. The Morgan fingerprint density at radius 2 is 1.74 bits per heavy atom. The summed E-state index contributed by atoms with van der Waals surface area (Å²) in [6.45, 7) is 11.0. The topological polar surface area (TPSA) is 80.2 Å². The average molecular weight is 442 g/mol. The van der Waals surface area contributed by atoms with Crippen LogP contribution in [0, 0.1) is 17.2 Å². The molecule has 1 saturated heterocycles. The van der Waals surface area contributed by atoms with E-state index < -0.39 is 24.2 Å². The Morgan fingerprint density at radius 3 is 2.19 bits per heavy atom. The molecule has 0 radical (unpaired) electrons. The van der Waals surface area contributed by atoms with Crippen LogP contribution in [0.3, 0.4) is 0 Å². The normalized spacial score (nSPS) is 16.0. The minimum atomic E-state index is -4.56. The third kappa shape index (κ3) is 9.57. The summed E-state index contributed by atoms with van der Waals surface area (Å²) in [5.41, 5.74) is 0.910. The van der Waals surface area contributed by atoms with E-state index in [1.54, 1.807) is 18.2 Å². The van der Waals surface area contributed by atoms with Crippen LogP contribution in [0.2, 0.25) is 0 Å². The van der Waals surface area contributed by atoms with Crippen LogP contribution in [0.25, 0.3) is 0 Å².